The maximum Gasteiger partial charge on any atom is 0.123 e. The monoisotopic (exact) mass is 202 g/mol. The molecule has 0 bridgehead atoms. The molecule has 0 saturated carbocycles. The molecule has 1 heteroatoms. The van der Waals surface area contributed by atoms with Gasteiger partial charge < -0.3 is 0 Å². The van der Waals surface area contributed by atoms with Crippen molar-refractivity contribution in [3.05, 3.63) is 72.1 Å². The van der Waals surface area contributed by atoms with Gasteiger partial charge in [0.25, 0.3) is 0 Å². The molecule has 1 rings (SSSR count). The summed E-state index contributed by atoms with van der Waals surface area (Å²) >= 11 is 0. The smallest absolute Gasteiger partial charge is 0.123 e. The van der Waals surface area contributed by atoms with Crippen molar-refractivity contribution < 1.29 is 4.39 Å². The van der Waals surface area contributed by atoms with E-state index >= 15 is 0 Å². The van der Waals surface area contributed by atoms with Gasteiger partial charge in [-0.05, 0) is 31.0 Å². The van der Waals surface area contributed by atoms with E-state index in [-0.39, 0.29) is 5.82 Å². The van der Waals surface area contributed by atoms with E-state index in [1.807, 2.05) is 31.2 Å². The zero-order valence-electron chi connectivity index (χ0n) is 8.91. The van der Waals surface area contributed by atoms with Crippen LogP contribution in [0.3, 0.4) is 0 Å². The molecule has 0 unspecified atom stereocenters. The molecule has 0 aromatic heterocycles. The third-order valence-corrected chi connectivity index (χ3v) is 2.08. The van der Waals surface area contributed by atoms with Gasteiger partial charge in [0.2, 0.25) is 0 Å². The van der Waals surface area contributed by atoms with Gasteiger partial charge in [-0.2, -0.15) is 0 Å². The lowest BCUT2D eigenvalue weighted by atomic mass is 10.1. The molecule has 0 heterocycles. The van der Waals surface area contributed by atoms with Crippen molar-refractivity contribution >= 4 is 0 Å². The summed E-state index contributed by atoms with van der Waals surface area (Å²) in [7, 11) is 0. The number of hydrogen-bond acceptors (Lipinski definition) is 0. The Kier molecular flexibility index (Phi) is 4.55. The maximum atomic E-state index is 12.6. The lowest BCUT2D eigenvalue weighted by Gasteiger charge is -1.94. The topological polar surface area (TPSA) is 0 Å². The van der Waals surface area contributed by atoms with Crippen LogP contribution in [0.15, 0.2) is 60.7 Å². The van der Waals surface area contributed by atoms with Crippen LogP contribution in [0.5, 0.6) is 0 Å². The third kappa shape index (κ3) is 4.41. The fraction of sp³-hybridized carbons (Fsp3) is 0.143. The number of halogens is 1. The fourth-order valence-corrected chi connectivity index (χ4v) is 1.11. The molecule has 0 radical (unpaired) electrons. The molecule has 0 N–H and O–H groups in total. The van der Waals surface area contributed by atoms with Gasteiger partial charge in [0.15, 0.2) is 0 Å². The molecule has 78 valence electrons. The number of allylic oxidation sites excluding steroid dienone is 5. The standard InChI is InChI=1S/C14H15F/c1-3-12(2)6-4-5-7-13-8-10-14(15)11-9-13/h3-6,8-11H,1,7H2,2H3/b5-4-,12-6-. The second-order valence-corrected chi connectivity index (χ2v) is 3.37. The van der Waals surface area contributed by atoms with Crippen LogP contribution in [0.25, 0.3) is 0 Å². The summed E-state index contributed by atoms with van der Waals surface area (Å²) in [5.41, 5.74) is 2.24. The highest BCUT2D eigenvalue weighted by atomic mass is 19.1. The molecule has 0 saturated heterocycles. The van der Waals surface area contributed by atoms with E-state index in [2.05, 4.69) is 6.58 Å². The SMILES string of the molecule is C=C/C(C)=C\C=C/Cc1ccc(F)cc1. The first-order valence-corrected chi connectivity index (χ1v) is 4.92. The fourth-order valence-electron chi connectivity index (χ4n) is 1.11. The highest BCUT2D eigenvalue weighted by molar-refractivity contribution is 5.22. The molecule has 0 aliphatic heterocycles. The molecule has 1 aromatic rings. The Morgan fingerprint density at radius 2 is 2.00 bits per heavy atom. The summed E-state index contributed by atoms with van der Waals surface area (Å²) in [5, 5.41) is 0. The van der Waals surface area contributed by atoms with E-state index in [9.17, 15) is 4.39 Å². The normalized spacial score (nSPS) is 12.0. The molecule has 0 atom stereocenters. The third-order valence-electron chi connectivity index (χ3n) is 2.08. The van der Waals surface area contributed by atoms with Crippen LogP contribution in [-0.2, 0) is 6.42 Å². The van der Waals surface area contributed by atoms with Crippen LogP contribution in [0, 0.1) is 5.82 Å². The maximum absolute atomic E-state index is 12.6. The van der Waals surface area contributed by atoms with Gasteiger partial charge in [-0.3, -0.25) is 0 Å². The minimum atomic E-state index is -0.190. The van der Waals surface area contributed by atoms with Gasteiger partial charge in [-0.1, -0.05) is 48.6 Å². The van der Waals surface area contributed by atoms with Crippen LogP contribution in [0.1, 0.15) is 12.5 Å². The van der Waals surface area contributed by atoms with Gasteiger partial charge in [0.05, 0.1) is 0 Å². The zero-order chi connectivity index (χ0) is 11.1. The van der Waals surface area contributed by atoms with Crippen molar-refractivity contribution in [2.45, 2.75) is 13.3 Å². The molecule has 0 nitrogen and oxygen atoms in total. The minimum absolute atomic E-state index is 0.190. The zero-order valence-corrected chi connectivity index (χ0v) is 8.91. The molecule has 0 aliphatic rings. The van der Waals surface area contributed by atoms with Crippen molar-refractivity contribution in [3.63, 3.8) is 0 Å². The van der Waals surface area contributed by atoms with E-state index in [0.29, 0.717) is 0 Å². The number of benzene rings is 1. The second kappa shape index (κ2) is 5.97. The average Bonchev–Trinajstić information content (AvgIpc) is 2.26. The number of rotatable bonds is 4. The molecule has 0 aliphatic carbocycles. The predicted molar refractivity (Wildman–Crippen MR) is 63.2 cm³/mol. The highest BCUT2D eigenvalue weighted by Gasteiger charge is 1.89. The Labute approximate surface area is 90.4 Å². The van der Waals surface area contributed by atoms with Crippen molar-refractivity contribution in [3.8, 4) is 0 Å². The average molecular weight is 202 g/mol. The van der Waals surface area contributed by atoms with E-state index in [0.717, 1.165) is 17.6 Å². The van der Waals surface area contributed by atoms with Crippen molar-refractivity contribution in [2.24, 2.45) is 0 Å². The van der Waals surface area contributed by atoms with E-state index < -0.39 is 0 Å². The molecular formula is C14H15F. The minimum Gasteiger partial charge on any atom is -0.207 e. The van der Waals surface area contributed by atoms with Crippen LogP contribution >= 0.6 is 0 Å². The van der Waals surface area contributed by atoms with Gasteiger partial charge in [0.1, 0.15) is 5.82 Å². The van der Waals surface area contributed by atoms with Crippen molar-refractivity contribution in [2.75, 3.05) is 0 Å². The Hall–Kier alpha value is -1.63. The quantitative estimate of drug-likeness (QED) is 0.646. The largest absolute Gasteiger partial charge is 0.207 e. The Bertz CT molecular complexity index is 369. The first-order chi connectivity index (χ1) is 7.22. The lowest BCUT2D eigenvalue weighted by Crippen LogP contribution is -1.80. The molecule has 1 aromatic carbocycles. The molecule has 15 heavy (non-hydrogen) atoms. The first kappa shape index (κ1) is 11.4. The summed E-state index contributed by atoms with van der Waals surface area (Å²) in [6.07, 6.45) is 8.65. The van der Waals surface area contributed by atoms with Crippen LogP contribution in [0.2, 0.25) is 0 Å². The van der Waals surface area contributed by atoms with Gasteiger partial charge in [-0.15, -0.1) is 0 Å². The van der Waals surface area contributed by atoms with Crippen LogP contribution in [-0.4, -0.2) is 0 Å². The Morgan fingerprint density at radius 1 is 1.33 bits per heavy atom. The first-order valence-electron chi connectivity index (χ1n) is 4.92. The van der Waals surface area contributed by atoms with Crippen molar-refractivity contribution in [1.29, 1.82) is 0 Å². The molecule has 0 fully saturated rings. The molecule has 0 amide bonds. The summed E-state index contributed by atoms with van der Waals surface area (Å²) in [4.78, 5) is 0. The number of hydrogen-bond donors (Lipinski definition) is 0. The molecular weight excluding hydrogens is 187 g/mol. The van der Waals surface area contributed by atoms with Gasteiger partial charge in [-0.25, -0.2) is 4.39 Å². The van der Waals surface area contributed by atoms with E-state index in [1.165, 1.54) is 12.1 Å². The van der Waals surface area contributed by atoms with Crippen LogP contribution < -0.4 is 0 Å². The Balaban J connectivity index is 2.50. The van der Waals surface area contributed by atoms with E-state index in [1.54, 1.807) is 12.1 Å². The van der Waals surface area contributed by atoms with Gasteiger partial charge in [0, 0.05) is 0 Å². The van der Waals surface area contributed by atoms with Gasteiger partial charge >= 0.3 is 0 Å². The predicted octanol–water partition coefficient (Wildman–Crippen LogP) is 4.06. The molecule has 0 spiro atoms. The van der Waals surface area contributed by atoms with Crippen molar-refractivity contribution in [1.82, 2.24) is 0 Å². The van der Waals surface area contributed by atoms with Crippen LogP contribution in [0.4, 0.5) is 4.39 Å². The highest BCUT2D eigenvalue weighted by Crippen LogP contribution is 2.04. The van der Waals surface area contributed by atoms with E-state index in [4.69, 9.17) is 0 Å². The summed E-state index contributed by atoms with van der Waals surface area (Å²) < 4.78 is 12.6. The Morgan fingerprint density at radius 3 is 2.60 bits per heavy atom. The summed E-state index contributed by atoms with van der Waals surface area (Å²) in [6, 6.07) is 6.55. The summed E-state index contributed by atoms with van der Waals surface area (Å²) in [5.74, 6) is -0.190. The summed E-state index contributed by atoms with van der Waals surface area (Å²) in [6.45, 7) is 5.66. The second-order valence-electron chi connectivity index (χ2n) is 3.37. The lowest BCUT2D eigenvalue weighted by molar-refractivity contribution is 0.627.